The molecule has 2 heterocycles. The number of hydrogen-bond donors (Lipinski definition) is 2. The van der Waals surface area contributed by atoms with Gasteiger partial charge in [0.2, 0.25) is 0 Å². The summed E-state index contributed by atoms with van der Waals surface area (Å²) in [4.78, 5) is 4.16. The van der Waals surface area contributed by atoms with Crippen LogP contribution < -0.4 is 15.8 Å². The van der Waals surface area contributed by atoms with Crippen molar-refractivity contribution >= 4 is 16.7 Å². The van der Waals surface area contributed by atoms with E-state index in [-0.39, 0.29) is 17.4 Å². The van der Waals surface area contributed by atoms with Gasteiger partial charge in [-0.15, -0.1) is 0 Å². The van der Waals surface area contributed by atoms with Gasteiger partial charge in [0.25, 0.3) is 0 Å². The maximum absolute atomic E-state index is 14.9. The minimum absolute atomic E-state index is 0.186. The zero-order chi connectivity index (χ0) is 21.5. The van der Waals surface area contributed by atoms with Crippen LogP contribution in [-0.2, 0) is 0 Å². The van der Waals surface area contributed by atoms with Crippen LogP contribution in [0.3, 0.4) is 0 Å². The zero-order valence-corrected chi connectivity index (χ0v) is 16.8. The monoisotopic (exact) mass is 421 g/mol. The van der Waals surface area contributed by atoms with Crippen LogP contribution in [0.4, 0.5) is 14.6 Å². The molecule has 0 aliphatic heterocycles. The van der Waals surface area contributed by atoms with E-state index < -0.39 is 17.4 Å². The van der Waals surface area contributed by atoms with E-state index >= 15 is 0 Å². The van der Waals surface area contributed by atoms with Gasteiger partial charge in [-0.2, -0.15) is 5.10 Å². The van der Waals surface area contributed by atoms with E-state index in [0.717, 1.165) is 18.4 Å². The summed E-state index contributed by atoms with van der Waals surface area (Å²) in [5, 5.41) is 8.54. The predicted octanol–water partition coefficient (Wildman–Crippen LogP) is 4.67. The molecule has 2 aromatic heterocycles. The second-order valence-corrected chi connectivity index (χ2v) is 7.68. The first-order chi connectivity index (χ1) is 15.0. The molecule has 1 saturated carbocycles. The molecule has 1 fully saturated rings. The number of benzene rings is 2. The Morgan fingerprint density at radius 3 is 2.48 bits per heavy atom. The van der Waals surface area contributed by atoms with Gasteiger partial charge in [0, 0.05) is 17.8 Å². The number of rotatable bonds is 5. The quantitative estimate of drug-likeness (QED) is 0.490. The van der Waals surface area contributed by atoms with Crippen LogP contribution in [-0.4, -0.2) is 27.9 Å². The average molecular weight is 421 g/mol. The number of pyridine rings is 1. The lowest BCUT2D eigenvalue weighted by atomic mass is 9.87. The molecule has 1 aliphatic carbocycles. The summed E-state index contributed by atoms with van der Waals surface area (Å²) in [7, 11) is 1.93. The summed E-state index contributed by atoms with van der Waals surface area (Å²) in [5.74, 6) is -1.47. The summed E-state index contributed by atoms with van der Waals surface area (Å²) >= 11 is 0. The molecule has 8 heteroatoms. The van der Waals surface area contributed by atoms with E-state index in [1.807, 2.05) is 17.8 Å². The number of ether oxygens (including phenoxy) is 1. The number of anilines is 1. The molecule has 5 rings (SSSR count). The van der Waals surface area contributed by atoms with E-state index in [0.29, 0.717) is 22.9 Å². The largest absolute Gasteiger partial charge is 0.451 e. The van der Waals surface area contributed by atoms with Gasteiger partial charge in [0.15, 0.2) is 17.4 Å². The number of halogens is 2. The zero-order valence-electron chi connectivity index (χ0n) is 16.8. The fourth-order valence-electron chi connectivity index (χ4n) is 4.02. The molecule has 0 spiro atoms. The van der Waals surface area contributed by atoms with Gasteiger partial charge in [-0.3, -0.25) is 4.68 Å². The topological polar surface area (TPSA) is 78.0 Å². The Hall–Kier alpha value is -3.52. The smallest absolute Gasteiger partial charge is 0.198 e. The molecule has 158 valence electrons. The standard InChI is InChI=1S/C23H21F2N5O/c1-27-14-11-15(12-14)30-19-7-8-28-23(26)20(19)21(29-30)13-9-17(24)22(18(25)10-13)31-16-5-3-2-4-6-16/h2-10,14-15,27H,11-12H2,1H3,(H2,26,28). The van der Waals surface area contributed by atoms with Crippen LogP contribution in [0.25, 0.3) is 22.2 Å². The van der Waals surface area contributed by atoms with E-state index in [9.17, 15) is 8.78 Å². The van der Waals surface area contributed by atoms with Crippen LogP contribution in [0.15, 0.2) is 54.7 Å². The molecule has 2 aromatic carbocycles. The van der Waals surface area contributed by atoms with Crippen LogP contribution >= 0.6 is 0 Å². The van der Waals surface area contributed by atoms with E-state index in [2.05, 4.69) is 10.3 Å². The highest BCUT2D eigenvalue weighted by Gasteiger charge is 2.32. The number of aromatic nitrogens is 3. The molecule has 0 amide bonds. The number of fused-ring (bicyclic) bond motifs is 1. The Kier molecular flexibility index (Phi) is 4.78. The third-order valence-corrected chi connectivity index (χ3v) is 5.75. The molecule has 0 unspecified atom stereocenters. The Morgan fingerprint density at radius 1 is 1.10 bits per heavy atom. The minimum Gasteiger partial charge on any atom is -0.451 e. The molecule has 0 atom stereocenters. The number of nitrogens with zero attached hydrogens (tertiary/aromatic N) is 3. The van der Waals surface area contributed by atoms with Gasteiger partial charge in [-0.05, 0) is 50.2 Å². The van der Waals surface area contributed by atoms with E-state index in [1.165, 1.54) is 12.1 Å². The Bertz CT molecular complexity index is 1230. The van der Waals surface area contributed by atoms with Crippen LogP contribution in [0.5, 0.6) is 11.5 Å². The predicted molar refractivity (Wildman–Crippen MR) is 115 cm³/mol. The third-order valence-electron chi connectivity index (χ3n) is 5.75. The SMILES string of the molecule is CNC1CC(n2nc(-c3cc(F)c(Oc4ccccc4)c(F)c3)c3c(N)nccc32)C1. The summed E-state index contributed by atoms with van der Waals surface area (Å²) in [6.45, 7) is 0. The van der Waals surface area contributed by atoms with Crippen molar-refractivity contribution in [1.29, 1.82) is 0 Å². The Balaban J connectivity index is 1.58. The molecular formula is C23H21F2N5O. The van der Waals surface area contributed by atoms with Gasteiger partial charge in [-0.25, -0.2) is 13.8 Å². The normalized spacial score (nSPS) is 18.2. The maximum Gasteiger partial charge on any atom is 0.198 e. The minimum atomic E-state index is -0.817. The Morgan fingerprint density at radius 2 is 1.81 bits per heavy atom. The van der Waals surface area contributed by atoms with Gasteiger partial charge < -0.3 is 15.8 Å². The fourth-order valence-corrected chi connectivity index (χ4v) is 4.02. The van der Waals surface area contributed by atoms with E-state index in [4.69, 9.17) is 15.6 Å². The number of nitrogens with one attached hydrogen (secondary N) is 1. The van der Waals surface area contributed by atoms with Gasteiger partial charge in [-0.1, -0.05) is 18.2 Å². The van der Waals surface area contributed by atoms with Crippen LogP contribution in [0.1, 0.15) is 18.9 Å². The lowest BCUT2D eigenvalue weighted by Crippen LogP contribution is -2.40. The molecule has 31 heavy (non-hydrogen) atoms. The highest BCUT2D eigenvalue weighted by Crippen LogP contribution is 2.40. The maximum atomic E-state index is 14.9. The van der Waals surface area contributed by atoms with Gasteiger partial charge in [0.05, 0.1) is 16.9 Å². The summed E-state index contributed by atoms with van der Waals surface area (Å²) in [6, 6.07) is 13.4. The molecule has 0 saturated heterocycles. The highest BCUT2D eigenvalue weighted by molar-refractivity contribution is 6.00. The lowest BCUT2D eigenvalue weighted by molar-refractivity contribution is 0.225. The van der Waals surface area contributed by atoms with Crippen molar-refractivity contribution in [3.05, 3.63) is 66.4 Å². The van der Waals surface area contributed by atoms with E-state index in [1.54, 1.807) is 36.5 Å². The molecule has 3 N–H and O–H groups in total. The van der Waals surface area contributed by atoms with Crippen molar-refractivity contribution in [2.75, 3.05) is 12.8 Å². The lowest BCUT2D eigenvalue weighted by Gasteiger charge is -2.35. The highest BCUT2D eigenvalue weighted by atomic mass is 19.1. The first kappa shape index (κ1) is 19.4. The summed E-state index contributed by atoms with van der Waals surface area (Å²) in [5.41, 5.74) is 7.62. The van der Waals surface area contributed by atoms with Crippen molar-refractivity contribution in [3.8, 4) is 22.8 Å². The van der Waals surface area contributed by atoms with Crippen molar-refractivity contribution in [2.45, 2.75) is 24.9 Å². The van der Waals surface area contributed by atoms with Crippen LogP contribution in [0.2, 0.25) is 0 Å². The third kappa shape index (κ3) is 3.38. The molecule has 4 aromatic rings. The van der Waals surface area contributed by atoms with Crippen molar-refractivity contribution in [1.82, 2.24) is 20.1 Å². The second kappa shape index (κ2) is 7.63. The van der Waals surface area contributed by atoms with Crippen LogP contribution in [0, 0.1) is 11.6 Å². The molecular weight excluding hydrogens is 400 g/mol. The first-order valence-electron chi connectivity index (χ1n) is 10.1. The number of hydrogen-bond acceptors (Lipinski definition) is 5. The first-order valence-corrected chi connectivity index (χ1v) is 10.1. The van der Waals surface area contributed by atoms with Crippen molar-refractivity contribution in [2.24, 2.45) is 0 Å². The summed E-state index contributed by atoms with van der Waals surface area (Å²) in [6.07, 6.45) is 3.45. The Labute approximate surface area is 177 Å². The van der Waals surface area contributed by atoms with Crippen molar-refractivity contribution in [3.63, 3.8) is 0 Å². The molecule has 1 aliphatic rings. The van der Waals surface area contributed by atoms with Crippen molar-refractivity contribution < 1.29 is 13.5 Å². The second-order valence-electron chi connectivity index (χ2n) is 7.68. The average Bonchev–Trinajstić information content (AvgIpc) is 3.11. The molecule has 0 radical (unpaired) electrons. The molecule has 6 nitrogen and oxygen atoms in total. The molecule has 0 bridgehead atoms. The van der Waals surface area contributed by atoms with Gasteiger partial charge >= 0.3 is 0 Å². The number of para-hydroxylation sites is 1. The summed E-state index contributed by atoms with van der Waals surface area (Å²) < 4.78 is 37.0. The fraction of sp³-hybridized carbons (Fsp3) is 0.217. The number of nitrogens with two attached hydrogens (primary N) is 1. The van der Waals surface area contributed by atoms with Gasteiger partial charge in [0.1, 0.15) is 17.3 Å². The number of nitrogen functional groups attached to an aromatic ring is 1.